The van der Waals surface area contributed by atoms with Gasteiger partial charge in [0.15, 0.2) is 0 Å². The second-order valence-electron chi connectivity index (χ2n) is 6.54. The van der Waals surface area contributed by atoms with Crippen molar-refractivity contribution >= 4 is 5.69 Å². The first-order valence-electron chi connectivity index (χ1n) is 8.60. The average Bonchev–Trinajstić information content (AvgIpc) is 2.61. The van der Waals surface area contributed by atoms with Gasteiger partial charge in [0.25, 0.3) is 0 Å². The van der Waals surface area contributed by atoms with Gasteiger partial charge in [-0.15, -0.1) is 0 Å². The van der Waals surface area contributed by atoms with Gasteiger partial charge in [-0.05, 0) is 42.3 Å². The van der Waals surface area contributed by atoms with Crippen LogP contribution in [0, 0.1) is 5.82 Å². The van der Waals surface area contributed by atoms with Crippen molar-refractivity contribution in [2.75, 3.05) is 38.6 Å². The number of benzene rings is 2. The van der Waals surface area contributed by atoms with E-state index in [0.717, 1.165) is 39.1 Å². The van der Waals surface area contributed by atoms with Crippen LogP contribution in [0.2, 0.25) is 0 Å². The highest BCUT2D eigenvalue weighted by Crippen LogP contribution is 2.23. The Hall–Kier alpha value is -1.91. The Morgan fingerprint density at radius 1 is 1.17 bits per heavy atom. The molecule has 1 heterocycles. The van der Waals surface area contributed by atoms with E-state index in [9.17, 15) is 4.39 Å². The maximum atomic E-state index is 14.1. The second kappa shape index (κ2) is 7.77. The highest BCUT2D eigenvalue weighted by Gasteiger charge is 2.16. The fraction of sp³-hybridized carbons (Fsp3) is 0.400. The molecule has 4 heteroatoms. The summed E-state index contributed by atoms with van der Waals surface area (Å²) in [5, 5.41) is 3.11. The molecule has 0 amide bonds. The molecule has 0 bridgehead atoms. The number of nitrogens with one attached hydrogen (secondary N) is 1. The van der Waals surface area contributed by atoms with Gasteiger partial charge >= 0.3 is 0 Å². The number of hydrogen-bond acceptors (Lipinski definition) is 3. The van der Waals surface area contributed by atoms with E-state index < -0.39 is 0 Å². The molecular weight excluding hydrogens is 301 g/mol. The Balaban J connectivity index is 1.70. The first-order chi connectivity index (χ1) is 11.7. The molecular formula is C20H26FN3. The zero-order valence-electron chi connectivity index (χ0n) is 14.6. The predicted molar refractivity (Wildman–Crippen MR) is 97.9 cm³/mol. The van der Waals surface area contributed by atoms with Crippen molar-refractivity contribution in [1.29, 1.82) is 0 Å². The third-order valence-corrected chi connectivity index (χ3v) is 4.73. The minimum absolute atomic E-state index is 0.152. The van der Waals surface area contributed by atoms with Crippen LogP contribution in [0.3, 0.4) is 0 Å². The number of hydrogen-bond donors (Lipinski definition) is 1. The van der Waals surface area contributed by atoms with Gasteiger partial charge < -0.3 is 10.2 Å². The Labute approximate surface area is 144 Å². The van der Waals surface area contributed by atoms with Crippen LogP contribution in [0.15, 0.2) is 42.5 Å². The first-order valence-corrected chi connectivity index (χ1v) is 8.60. The van der Waals surface area contributed by atoms with Crippen LogP contribution in [0.25, 0.3) is 0 Å². The molecule has 0 aromatic heterocycles. The number of halogens is 1. The van der Waals surface area contributed by atoms with Gasteiger partial charge in [-0.25, -0.2) is 4.39 Å². The molecule has 2 aromatic rings. The zero-order chi connectivity index (χ0) is 16.9. The number of nitrogens with zero attached hydrogens (tertiary/aromatic N) is 2. The lowest BCUT2D eigenvalue weighted by Crippen LogP contribution is -2.30. The van der Waals surface area contributed by atoms with Gasteiger partial charge in [0.1, 0.15) is 5.82 Å². The van der Waals surface area contributed by atoms with Gasteiger partial charge in [0.2, 0.25) is 0 Å². The molecule has 0 unspecified atom stereocenters. The average molecular weight is 327 g/mol. The Morgan fingerprint density at radius 3 is 2.75 bits per heavy atom. The maximum Gasteiger partial charge on any atom is 0.146 e. The highest BCUT2D eigenvalue weighted by atomic mass is 19.1. The fourth-order valence-corrected chi connectivity index (χ4v) is 3.30. The largest absolute Gasteiger partial charge is 0.371 e. The Kier molecular flexibility index (Phi) is 5.48. The first kappa shape index (κ1) is 16.9. The van der Waals surface area contributed by atoms with E-state index in [1.165, 1.54) is 16.7 Å². The molecule has 24 heavy (non-hydrogen) atoms. The van der Waals surface area contributed by atoms with Gasteiger partial charge in [-0.1, -0.05) is 30.3 Å². The predicted octanol–water partition coefficient (Wildman–Crippen LogP) is 3.04. The normalized spacial score (nSPS) is 14.5. The topological polar surface area (TPSA) is 18.5 Å². The van der Waals surface area contributed by atoms with Crippen LogP contribution < -0.4 is 10.2 Å². The summed E-state index contributed by atoms with van der Waals surface area (Å²) in [7, 11) is 3.85. The van der Waals surface area contributed by atoms with E-state index >= 15 is 0 Å². The van der Waals surface area contributed by atoms with E-state index in [4.69, 9.17) is 0 Å². The SMILES string of the molecule is CNCCN(C)c1cc(CN2CCc3ccccc3C2)ccc1F. The van der Waals surface area contributed by atoms with Crippen LogP contribution in [0.5, 0.6) is 0 Å². The highest BCUT2D eigenvalue weighted by molar-refractivity contribution is 5.49. The van der Waals surface area contributed by atoms with Gasteiger partial charge in [-0.3, -0.25) is 4.90 Å². The Morgan fingerprint density at radius 2 is 1.96 bits per heavy atom. The quantitative estimate of drug-likeness (QED) is 0.880. The van der Waals surface area contributed by atoms with E-state index in [1.807, 2.05) is 31.1 Å². The van der Waals surface area contributed by atoms with Crippen molar-refractivity contribution < 1.29 is 4.39 Å². The summed E-state index contributed by atoms with van der Waals surface area (Å²) >= 11 is 0. The van der Waals surface area contributed by atoms with Crippen LogP contribution in [0.4, 0.5) is 10.1 Å². The minimum atomic E-state index is -0.152. The third-order valence-electron chi connectivity index (χ3n) is 4.73. The molecule has 0 saturated heterocycles. The molecule has 0 aliphatic carbocycles. The van der Waals surface area contributed by atoms with Gasteiger partial charge in [0, 0.05) is 39.8 Å². The molecule has 0 saturated carbocycles. The molecule has 128 valence electrons. The van der Waals surface area contributed by atoms with Crippen LogP contribution >= 0.6 is 0 Å². The van der Waals surface area contributed by atoms with Gasteiger partial charge in [0.05, 0.1) is 5.69 Å². The summed E-state index contributed by atoms with van der Waals surface area (Å²) in [6.45, 7) is 4.51. The molecule has 1 aliphatic heterocycles. The molecule has 1 N–H and O–H groups in total. The lowest BCUT2D eigenvalue weighted by atomic mass is 9.99. The van der Waals surface area contributed by atoms with Crippen molar-refractivity contribution in [3.63, 3.8) is 0 Å². The smallest absolute Gasteiger partial charge is 0.146 e. The van der Waals surface area contributed by atoms with Crippen LogP contribution in [-0.2, 0) is 19.5 Å². The van der Waals surface area contributed by atoms with Crippen molar-refractivity contribution in [2.24, 2.45) is 0 Å². The molecule has 0 fully saturated rings. The summed E-state index contributed by atoms with van der Waals surface area (Å²) in [5.74, 6) is -0.152. The standard InChI is InChI=1S/C20H26FN3/c1-22-10-12-23(2)20-13-16(7-8-19(20)21)14-24-11-9-17-5-3-4-6-18(17)15-24/h3-8,13,22H,9-12,14-15H2,1-2H3. The number of likely N-dealkylation sites (N-methyl/N-ethyl adjacent to an activating group) is 2. The molecule has 2 aromatic carbocycles. The summed E-state index contributed by atoms with van der Waals surface area (Å²) < 4.78 is 14.1. The second-order valence-corrected chi connectivity index (χ2v) is 6.54. The molecule has 0 radical (unpaired) electrons. The summed E-state index contributed by atoms with van der Waals surface area (Å²) in [6.07, 6.45) is 1.09. The van der Waals surface area contributed by atoms with Gasteiger partial charge in [-0.2, -0.15) is 0 Å². The van der Waals surface area contributed by atoms with Crippen molar-refractivity contribution in [3.8, 4) is 0 Å². The van der Waals surface area contributed by atoms with Crippen LogP contribution in [0.1, 0.15) is 16.7 Å². The van der Waals surface area contributed by atoms with Crippen molar-refractivity contribution in [2.45, 2.75) is 19.5 Å². The van der Waals surface area contributed by atoms with Crippen molar-refractivity contribution in [3.05, 3.63) is 65.0 Å². The number of anilines is 1. The minimum Gasteiger partial charge on any atom is -0.371 e. The van der Waals surface area contributed by atoms with E-state index in [2.05, 4.69) is 34.5 Å². The van der Waals surface area contributed by atoms with E-state index in [0.29, 0.717) is 5.69 Å². The van der Waals surface area contributed by atoms with E-state index in [1.54, 1.807) is 6.07 Å². The molecule has 1 aliphatic rings. The zero-order valence-corrected chi connectivity index (χ0v) is 14.6. The summed E-state index contributed by atoms with van der Waals surface area (Å²) in [4.78, 5) is 4.41. The molecule has 0 atom stereocenters. The van der Waals surface area contributed by atoms with E-state index in [-0.39, 0.29) is 5.82 Å². The fourth-order valence-electron chi connectivity index (χ4n) is 3.30. The number of rotatable bonds is 6. The maximum absolute atomic E-state index is 14.1. The molecule has 3 rings (SSSR count). The summed E-state index contributed by atoms with van der Waals surface area (Å²) in [6, 6.07) is 14.1. The molecule has 0 spiro atoms. The number of fused-ring (bicyclic) bond motifs is 1. The van der Waals surface area contributed by atoms with Crippen LogP contribution in [-0.4, -0.2) is 38.6 Å². The monoisotopic (exact) mass is 327 g/mol. The van der Waals surface area contributed by atoms with Crippen molar-refractivity contribution in [1.82, 2.24) is 10.2 Å². The third kappa shape index (κ3) is 3.94. The Bertz CT molecular complexity index is 686. The lowest BCUT2D eigenvalue weighted by molar-refractivity contribution is 0.245. The lowest BCUT2D eigenvalue weighted by Gasteiger charge is -2.29. The molecule has 3 nitrogen and oxygen atoms in total. The summed E-state index contributed by atoms with van der Waals surface area (Å²) in [5.41, 5.74) is 4.72.